The number of ether oxygens (including phenoxy) is 4. The quantitative estimate of drug-likeness (QED) is 0.0595. The number of carbonyl (C=O) groups excluding carboxylic acids is 1. The molecule has 0 unspecified atom stereocenters. The molecule has 2 heterocycles. The third-order valence-electron chi connectivity index (χ3n) is 7.85. The molecule has 0 aromatic heterocycles. The average molecular weight is 607 g/mol. The lowest BCUT2D eigenvalue weighted by molar-refractivity contribution is -0.355. The number of hydrogen-bond donors (Lipinski definition) is 7. The maximum absolute atomic E-state index is 12.2. The largest absolute Gasteiger partial charge is 0.463 e. The second-order valence-corrected chi connectivity index (χ2v) is 11.4. The molecule has 0 aromatic rings. The summed E-state index contributed by atoms with van der Waals surface area (Å²) < 4.78 is 21.2. The number of allylic oxidation sites excluding steroid dienone is 2. The highest BCUT2D eigenvalue weighted by atomic mass is 16.7. The van der Waals surface area contributed by atoms with E-state index in [0.717, 1.165) is 38.5 Å². The van der Waals surface area contributed by atoms with Gasteiger partial charge in [-0.3, -0.25) is 4.79 Å². The minimum absolute atomic E-state index is 0.191. The van der Waals surface area contributed by atoms with Gasteiger partial charge in [0.05, 0.1) is 6.61 Å². The standard InChI is InChI=1S/C30H54O12/c1-2-3-4-5-6-7-8-9-10-11-12-13-14-15-16-17-22(32)39-19-21-23(33)24(34)27(37)30(41-21)42-28-20(18-31)40-29(38)26(36)25(28)35/h9-10,20-21,23-31,33-38H,2-8,11-19H2,1H3/b10-9-/t20-,21-,23-,24+,25-,26-,27-,28-,29-,30+/m1/s1. The zero-order valence-electron chi connectivity index (χ0n) is 24.9. The highest BCUT2D eigenvalue weighted by Crippen LogP contribution is 2.29. The van der Waals surface area contributed by atoms with Gasteiger partial charge in [-0.25, -0.2) is 0 Å². The smallest absolute Gasteiger partial charge is 0.305 e. The van der Waals surface area contributed by atoms with Crippen LogP contribution >= 0.6 is 0 Å². The van der Waals surface area contributed by atoms with Gasteiger partial charge in [0, 0.05) is 6.42 Å². The summed E-state index contributed by atoms with van der Waals surface area (Å²) in [4.78, 5) is 12.2. The van der Waals surface area contributed by atoms with Crippen LogP contribution in [-0.4, -0.2) is 116 Å². The topological polar surface area (TPSA) is 196 Å². The predicted molar refractivity (Wildman–Crippen MR) is 152 cm³/mol. The SMILES string of the molecule is CCCCCCCC/C=C\CCCCCCCC(=O)OC[C@H]1O[C@@H](O[C@H]2[C@H](O)[C@@H](O)[C@H](O)O[C@@H]2CO)[C@H](O)[C@@H](O)[C@@H]1O. The Kier molecular flexibility index (Phi) is 18.2. The zero-order chi connectivity index (χ0) is 30.9. The predicted octanol–water partition coefficient (Wildman–Crippen LogP) is 1.19. The van der Waals surface area contributed by atoms with E-state index in [-0.39, 0.29) is 6.42 Å². The molecule has 2 aliphatic rings. The minimum Gasteiger partial charge on any atom is -0.463 e. The molecule has 0 saturated carbocycles. The van der Waals surface area contributed by atoms with Gasteiger partial charge >= 0.3 is 5.97 Å². The van der Waals surface area contributed by atoms with Crippen LogP contribution in [0.4, 0.5) is 0 Å². The van der Waals surface area contributed by atoms with Crippen LogP contribution < -0.4 is 0 Å². The van der Waals surface area contributed by atoms with Crippen molar-refractivity contribution in [3.8, 4) is 0 Å². The van der Waals surface area contributed by atoms with Crippen molar-refractivity contribution in [1.29, 1.82) is 0 Å². The second kappa shape index (κ2) is 20.7. The van der Waals surface area contributed by atoms with Crippen LogP contribution in [0.25, 0.3) is 0 Å². The third-order valence-corrected chi connectivity index (χ3v) is 7.85. The fraction of sp³-hybridized carbons (Fsp3) is 0.900. The third kappa shape index (κ3) is 12.4. The zero-order valence-corrected chi connectivity index (χ0v) is 24.9. The van der Waals surface area contributed by atoms with E-state index in [1.54, 1.807) is 0 Å². The van der Waals surface area contributed by atoms with Crippen LogP contribution in [0.5, 0.6) is 0 Å². The molecule has 0 amide bonds. The molecule has 2 rings (SSSR count). The van der Waals surface area contributed by atoms with Gasteiger partial charge < -0.3 is 54.7 Å². The summed E-state index contributed by atoms with van der Waals surface area (Å²) in [6.07, 6.45) is 3.67. The molecule has 12 heteroatoms. The first kappa shape index (κ1) is 37.0. The molecule has 0 spiro atoms. The summed E-state index contributed by atoms with van der Waals surface area (Å²) in [5.41, 5.74) is 0. The van der Waals surface area contributed by atoms with Crippen LogP contribution in [0, 0.1) is 0 Å². The second-order valence-electron chi connectivity index (χ2n) is 11.4. The summed E-state index contributed by atoms with van der Waals surface area (Å²) in [5, 5.41) is 70.2. The molecule has 10 atom stereocenters. The van der Waals surface area contributed by atoms with Crippen molar-refractivity contribution >= 4 is 5.97 Å². The molecule has 0 aromatic carbocycles. The van der Waals surface area contributed by atoms with Gasteiger partial charge in [-0.1, -0.05) is 70.4 Å². The monoisotopic (exact) mass is 606 g/mol. The Morgan fingerprint density at radius 1 is 0.690 bits per heavy atom. The Hall–Kier alpha value is -1.19. The first-order chi connectivity index (χ1) is 20.2. The van der Waals surface area contributed by atoms with E-state index in [1.165, 1.54) is 38.5 Å². The van der Waals surface area contributed by atoms with Crippen LogP contribution in [0.15, 0.2) is 12.2 Å². The molecule has 0 aliphatic carbocycles. The molecule has 2 saturated heterocycles. The normalized spacial score (nSPS) is 33.7. The molecule has 2 fully saturated rings. The van der Waals surface area contributed by atoms with E-state index >= 15 is 0 Å². The van der Waals surface area contributed by atoms with E-state index in [2.05, 4.69) is 19.1 Å². The number of hydrogen-bond acceptors (Lipinski definition) is 12. The van der Waals surface area contributed by atoms with Crippen LogP contribution in [0.1, 0.15) is 96.8 Å². The minimum atomic E-state index is -1.77. The van der Waals surface area contributed by atoms with Crippen LogP contribution in [0.3, 0.4) is 0 Å². The fourth-order valence-electron chi connectivity index (χ4n) is 5.14. The number of unbranched alkanes of at least 4 members (excludes halogenated alkanes) is 11. The summed E-state index contributed by atoms with van der Waals surface area (Å²) in [6, 6.07) is 0. The fourth-order valence-corrected chi connectivity index (χ4v) is 5.14. The van der Waals surface area contributed by atoms with Crippen LogP contribution in [-0.2, 0) is 23.7 Å². The van der Waals surface area contributed by atoms with Gasteiger partial charge in [0.2, 0.25) is 0 Å². The molecule has 12 nitrogen and oxygen atoms in total. The maximum Gasteiger partial charge on any atom is 0.305 e. The van der Waals surface area contributed by atoms with Crippen molar-refractivity contribution in [2.45, 2.75) is 158 Å². The molecular weight excluding hydrogens is 552 g/mol. The van der Waals surface area contributed by atoms with Crippen molar-refractivity contribution in [2.24, 2.45) is 0 Å². The van der Waals surface area contributed by atoms with E-state index in [1.807, 2.05) is 0 Å². The van der Waals surface area contributed by atoms with Crippen molar-refractivity contribution in [3.05, 3.63) is 12.2 Å². The summed E-state index contributed by atoms with van der Waals surface area (Å²) >= 11 is 0. The molecule has 42 heavy (non-hydrogen) atoms. The average Bonchev–Trinajstić information content (AvgIpc) is 2.98. The first-order valence-electron chi connectivity index (χ1n) is 15.7. The molecule has 0 radical (unpaired) electrons. The molecular formula is C30H54O12. The van der Waals surface area contributed by atoms with Crippen molar-refractivity contribution in [2.75, 3.05) is 13.2 Å². The Labute approximate surface area is 249 Å². The van der Waals surface area contributed by atoms with Crippen molar-refractivity contribution in [3.63, 3.8) is 0 Å². The summed E-state index contributed by atoms with van der Waals surface area (Å²) in [5.74, 6) is -0.491. The van der Waals surface area contributed by atoms with Crippen molar-refractivity contribution in [1.82, 2.24) is 0 Å². The molecule has 7 N–H and O–H groups in total. The molecule has 0 bridgehead atoms. The lowest BCUT2D eigenvalue weighted by atomic mass is 9.97. The van der Waals surface area contributed by atoms with Crippen molar-refractivity contribution < 1.29 is 59.5 Å². The Morgan fingerprint density at radius 3 is 1.90 bits per heavy atom. The highest BCUT2D eigenvalue weighted by molar-refractivity contribution is 5.69. The highest BCUT2D eigenvalue weighted by Gasteiger charge is 2.50. The van der Waals surface area contributed by atoms with Gasteiger partial charge in [-0.15, -0.1) is 0 Å². The summed E-state index contributed by atoms with van der Waals surface area (Å²) in [7, 11) is 0. The van der Waals surface area contributed by atoms with Gasteiger partial charge in [0.1, 0.15) is 55.4 Å². The Bertz CT molecular complexity index is 750. The van der Waals surface area contributed by atoms with Gasteiger partial charge in [0.15, 0.2) is 12.6 Å². The molecule has 246 valence electrons. The Morgan fingerprint density at radius 2 is 1.29 bits per heavy atom. The number of esters is 1. The maximum atomic E-state index is 12.2. The Balaban J connectivity index is 1.62. The van der Waals surface area contributed by atoms with E-state index in [9.17, 15) is 40.5 Å². The number of aliphatic hydroxyl groups excluding tert-OH is 7. The number of carbonyl (C=O) groups is 1. The van der Waals surface area contributed by atoms with E-state index < -0.39 is 80.6 Å². The number of rotatable bonds is 20. The first-order valence-corrected chi connectivity index (χ1v) is 15.7. The molecule has 2 aliphatic heterocycles. The van der Waals surface area contributed by atoms with Gasteiger partial charge in [-0.2, -0.15) is 0 Å². The van der Waals surface area contributed by atoms with E-state index in [0.29, 0.717) is 6.42 Å². The lowest BCUT2D eigenvalue weighted by Gasteiger charge is -2.45. The lowest BCUT2D eigenvalue weighted by Crippen LogP contribution is -2.64. The van der Waals surface area contributed by atoms with E-state index in [4.69, 9.17) is 18.9 Å². The number of aliphatic hydroxyl groups is 7. The summed E-state index contributed by atoms with van der Waals surface area (Å²) in [6.45, 7) is 1.12. The van der Waals surface area contributed by atoms with Crippen LogP contribution in [0.2, 0.25) is 0 Å². The van der Waals surface area contributed by atoms with Gasteiger partial charge in [-0.05, 0) is 32.1 Å². The van der Waals surface area contributed by atoms with Gasteiger partial charge in [0.25, 0.3) is 0 Å².